The van der Waals surface area contributed by atoms with Gasteiger partial charge in [-0.05, 0) is 35.0 Å². The van der Waals surface area contributed by atoms with Gasteiger partial charge in [0, 0.05) is 5.56 Å². The van der Waals surface area contributed by atoms with Crippen LogP contribution in [0.1, 0.15) is 11.1 Å². The monoisotopic (exact) mass is 240 g/mol. The zero-order chi connectivity index (χ0) is 10.0. The maximum atomic E-state index is 10.6. The van der Waals surface area contributed by atoms with Crippen LogP contribution in [0.4, 0.5) is 5.69 Å². The highest BCUT2D eigenvalue weighted by molar-refractivity contribution is 9.10. The molecule has 1 rings (SSSR count). The van der Waals surface area contributed by atoms with Gasteiger partial charge in [-0.3, -0.25) is 10.1 Å². The van der Waals surface area contributed by atoms with E-state index in [1.165, 1.54) is 6.07 Å². The summed E-state index contributed by atoms with van der Waals surface area (Å²) in [6, 6.07) is 4.94. The molecule has 0 amide bonds. The van der Waals surface area contributed by atoms with E-state index < -0.39 is 4.92 Å². The fourth-order valence-electron chi connectivity index (χ4n) is 1.01. The molecule has 0 N–H and O–H groups in total. The Labute approximate surface area is 83.1 Å². The number of nitro benzene ring substituents is 1. The Morgan fingerprint density at radius 2 is 2.23 bits per heavy atom. The van der Waals surface area contributed by atoms with Gasteiger partial charge in [-0.2, -0.15) is 5.26 Å². The van der Waals surface area contributed by atoms with Crippen molar-refractivity contribution in [3.63, 3.8) is 0 Å². The minimum Gasteiger partial charge on any atom is -0.258 e. The third kappa shape index (κ3) is 1.68. The summed E-state index contributed by atoms with van der Waals surface area (Å²) < 4.78 is 0.397. The van der Waals surface area contributed by atoms with Gasteiger partial charge in [0.25, 0.3) is 5.69 Å². The highest BCUT2D eigenvalue weighted by atomic mass is 79.9. The number of nitriles is 1. The summed E-state index contributed by atoms with van der Waals surface area (Å²) in [6.45, 7) is 1.56. The molecule has 0 saturated heterocycles. The second kappa shape index (κ2) is 3.54. The van der Waals surface area contributed by atoms with Crippen LogP contribution in [0.25, 0.3) is 0 Å². The van der Waals surface area contributed by atoms with Crippen molar-refractivity contribution in [2.24, 2.45) is 0 Å². The van der Waals surface area contributed by atoms with E-state index in [0.717, 1.165) is 0 Å². The van der Waals surface area contributed by atoms with Gasteiger partial charge in [-0.1, -0.05) is 0 Å². The van der Waals surface area contributed by atoms with Crippen molar-refractivity contribution >= 4 is 21.6 Å². The lowest BCUT2D eigenvalue weighted by atomic mass is 10.1. The lowest BCUT2D eigenvalue weighted by Crippen LogP contribution is -1.95. The van der Waals surface area contributed by atoms with Crippen LogP contribution in [0.5, 0.6) is 0 Å². The van der Waals surface area contributed by atoms with Gasteiger partial charge < -0.3 is 0 Å². The van der Waals surface area contributed by atoms with Crippen molar-refractivity contribution in [3.8, 4) is 6.07 Å². The van der Waals surface area contributed by atoms with Crippen molar-refractivity contribution in [1.82, 2.24) is 0 Å². The number of nitrogens with zero attached hydrogens (tertiary/aromatic N) is 2. The van der Waals surface area contributed by atoms with E-state index in [0.29, 0.717) is 15.6 Å². The van der Waals surface area contributed by atoms with E-state index in [9.17, 15) is 10.1 Å². The molecule has 5 heteroatoms. The zero-order valence-corrected chi connectivity index (χ0v) is 8.33. The summed E-state index contributed by atoms with van der Waals surface area (Å²) in [5.74, 6) is 0. The van der Waals surface area contributed by atoms with Gasteiger partial charge in [0.1, 0.15) is 0 Å². The van der Waals surface area contributed by atoms with Gasteiger partial charge in [0.2, 0.25) is 0 Å². The van der Waals surface area contributed by atoms with Gasteiger partial charge in [0.15, 0.2) is 0 Å². The molecule has 0 bridgehead atoms. The first-order chi connectivity index (χ1) is 6.07. The SMILES string of the molecule is Cc1c(C#N)ccc(Br)c1[N+](=O)[O-]. The van der Waals surface area contributed by atoms with E-state index >= 15 is 0 Å². The molecule has 1 aromatic carbocycles. The molecule has 0 spiro atoms. The Balaban J connectivity index is 3.50. The fraction of sp³-hybridized carbons (Fsp3) is 0.125. The first-order valence-electron chi connectivity index (χ1n) is 3.41. The zero-order valence-electron chi connectivity index (χ0n) is 6.74. The molecule has 4 nitrogen and oxygen atoms in total. The minimum absolute atomic E-state index is 0.0425. The van der Waals surface area contributed by atoms with Crippen molar-refractivity contribution in [1.29, 1.82) is 5.26 Å². The Kier molecular flexibility index (Phi) is 2.63. The summed E-state index contributed by atoms with van der Waals surface area (Å²) in [5, 5.41) is 19.2. The van der Waals surface area contributed by atoms with Crippen molar-refractivity contribution in [2.45, 2.75) is 6.92 Å². The quantitative estimate of drug-likeness (QED) is 0.560. The number of rotatable bonds is 1. The van der Waals surface area contributed by atoms with E-state index in [1.807, 2.05) is 6.07 Å². The molecule has 13 heavy (non-hydrogen) atoms. The molecule has 1 aromatic rings. The largest absolute Gasteiger partial charge is 0.287 e. The number of halogens is 1. The van der Waals surface area contributed by atoms with Crippen LogP contribution in [-0.4, -0.2) is 4.92 Å². The number of nitro groups is 1. The average molecular weight is 241 g/mol. The highest BCUT2D eigenvalue weighted by Crippen LogP contribution is 2.30. The topological polar surface area (TPSA) is 66.9 Å². The molecule has 0 heterocycles. The predicted octanol–water partition coefficient (Wildman–Crippen LogP) is 2.54. The van der Waals surface area contributed by atoms with Gasteiger partial charge in [0.05, 0.1) is 21.0 Å². The van der Waals surface area contributed by atoms with Crippen LogP contribution in [0.15, 0.2) is 16.6 Å². The van der Waals surface area contributed by atoms with E-state index in [-0.39, 0.29) is 5.69 Å². The first kappa shape index (κ1) is 9.68. The Hall–Kier alpha value is -1.41. The maximum absolute atomic E-state index is 10.6. The summed E-state index contributed by atoms with van der Waals surface area (Å²) in [4.78, 5) is 10.1. The third-order valence-electron chi connectivity index (χ3n) is 1.68. The van der Waals surface area contributed by atoms with E-state index in [2.05, 4.69) is 15.9 Å². The lowest BCUT2D eigenvalue weighted by molar-refractivity contribution is -0.386. The van der Waals surface area contributed by atoms with Gasteiger partial charge in [-0.25, -0.2) is 0 Å². The van der Waals surface area contributed by atoms with Crippen LogP contribution < -0.4 is 0 Å². The number of benzene rings is 1. The molecule has 0 fully saturated rings. The Morgan fingerprint density at radius 1 is 1.62 bits per heavy atom. The summed E-state index contributed by atoms with van der Waals surface area (Å²) in [5.41, 5.74) is 0.677. The lowest BCUT2D eigenvalue weighted by Gasteiger charge is -2.00. The fourth-order valence-corrected chi connectivity index (χ4v) is 1.59. The smallest absolute Gasteiger partial charge is 0.258 e. The normalized spacial score (nSPS) is 9.31. The standard InChI is InChI=1S/C8H5BrN2O2/c1-5-6(4-10)2-3-7(9)8(5)11(12)13/h2-3H,1H3. The predicted molar refractivity (Wildman–Crippen MR) is 50.2 cm³/mol. The van der Waals surface area contributed by atoms with Gasteiger partial charge >= 0.3 is 0 Å². The van der Waals surface area contributed by atoms with E-state index in [1.54, 1.807) is 13.0 Å². The molecule has 0 aliphatic rings. The van der Waals surface area contributed by atoms with Crippen LogP contribution in [0.2, 0.25) is 0 Å². The summed E-state index contributed by atoms with van der Waals surface area (Å²) in [7, 11) is 0. The number of hydrogen-bond acceptors (Lipinski definition) is 3. The molecule has 66 valence electrons. The van der Waals surface area contributed by atoms with Crippen LogP contribution in [0.3, 0.4) is 0 Å². The van der Waals surface area contributed by atoms with Crippen molar-refractivity contribution in [3.05, 3.63) is 37.8 Å². The van der Waals surface area contributed by atoms with Crippen LogP contribution in [-0.2, 0) is 0 Å². The minimum atomic E-state index is -0.500. The summed E-state index contributed by atoms with van der Waals surface area (Å²) >= 11 is 3.06. The molecule has 0 unspecified atom stereocenters. The second-order valence-electron chi connectivity index (χ2n) is 2.44. The molecule has 0 aliphatic carbocycles. The highest BCUT2D eigenvalue weighted by Gasteiger charge is 2.17. The first-order valence-corrected chi connectivity index (χ1v) is 4.21. The van der Waals surface area contributed by atoms with Crippen molar-refractivity contribution in [2.75, 3.05) is 0 Å². The maximum Gasteiger partial charge on any atom is 0.287 e. The van der Waals surface area contributed by atoms with Crippen LogP contribution >= 0.6 is 15.9 Å². The number of hydrogen-bond donors (Lipinski definition) is 0. The van der Waals surface area contributed by atoms with Gasteiger partial charge in [-0.15, -0.1) is 0 Å². The molecular formula is C8H5BrN2O2. The molecule has 0 radical (unpaired) electrons. The molecule has 0 saturated carbocycles. The second-order valence-corrected chi connectivity index (χ2v) is 3.29. The Bertz CT molecular complexity index is 409. The van der Waals surface area contributed by atoms with Crippen molar-refractivity contribution < 1.29 is 4.92 Å². The molecular weight excluding hydrogens is 236 g/mol. The molecule has 0 atom stereocenters. The molecule has 0 aliphatic heterocycles. The Morgan fingerprint density at radius 3 is 2.69 bits per heavy atom. The van der Waals surface area contributed by atoms with Crippen LogP contribution in [0, 0.1) is 28.4 Å². The molecule has 0 aromatic heterocycles. The third-order valence-corrected chi connectivity index (χ3v) is 2.32. The van der Waals surface area contributed by atoms with E-state index in [4.69, 9.17) is 5.26 Å². The average Bonchev–Trinajstić information content (AvgIpc) is 2.04. The summed E-state index contributed by atoms with van der Waals surface area (Å²) in [6.07, 6.45) is 0.